The molecule has 19 heavy (non-hydrogen) atoms. The Morgan fingerprint density at radius 1 is 1.42 bits per heavy atom. The van der Waals surface area contributed by atoms with Crippen molar-refractivity contribution in [2.45, 2.75) is 20.3 Å². The molecule has 0 fully saturated rings. The molecule has 1 aromatic carbocycles. The van der Waals surface area contributed by atoms with Gasteiger partial charge in [0, 0.05) is 6.07 Å². The van der Waals surface area contributed by atoms with Gasteiger partial charge >= 0.3 is 5.69 Å². The molecule has 1 rings (SSSR count). The van der Waals surface area contributed by atoms with Gasteiger partial charge in [0.15, 0.2) is 11.6 Å². The molecule has 0 aliphatic rings. The number of nitrogens with zero attached hydrogens (tertiary/aromatic N) is 2. The maximum absolute atomic E-state index is 13.4. The predicted molar refractivity (Wildman–Crippen MR) is 62.5 cm³/mol. The van der Waals surface area contributed by atoms with Crippen molar-refractivity contribution >= 4 is 5.69 Å². The quantitative estimate of drug-likeness (QED) is 0.608. The van der Waals surface area contributed by atoms with Crippen molar-refractivity contribution in [3.63, 3.8) is 0 Å². The lowest BCUT2D eigenvalue weighted by Gasteiger charge is -2.15. The fourth-order valence-electron chi connectivity index (χ4n) is 1.24. The molecule has 0 aromatic heterocycles. The van der Waals surface area contributed by atoms with Crippen LogP contribution < -0.4 is 4.74 Å². The Labute approximate surface area is 108 Å². The second-order valence-corrected chi connectivity index (χ2v) is 4.59. The molecule has 102 valence electrons. The average molecular weight is 270 g/mol. The van der Waals surface area contributed by atoms with Crippen molar-refractivity contribution < 1.29 is 18.4 Å². The minimum atomic E-state index is -1.17. The van der Waals surface area contributed by atoms with E-state index >= 15 is 0 Å². The molecule has 0 N–H and O–H groups in total. The zero-order valence-corrected chi connectivity index (χ0v) is 10.4. The van der Waals surface area contributed by atoms with Gasteiger partial charge in [-0.3, -0.25) is 10.1 Å². The lowest BCUT2D eigenvalue weighted by atomic mass is 9.92. The minimum Gasteiger partial charge on any atom is -0.490 e. The molecule has 7 heteroatoms. The van der Waals surface area contributed by atoms with E-state index in [2.05, 4.69) is 0 Å². The van der Waals surface area contributed by atoms with Crippen molar-refractivity contribution in [1.29, 1.82) is 5.26 Å². The van der Waals surface area contributed by atoms with Crippen LogP contribution >= 0.6 is 0 Å². The number of hydrogen-bond donors (Lipinski definition) is 0. The molecule has 1 aromatic rings. The Morgan fingerprint density at radius 2 is 2.05 bits per heavy atom. The maximum atomic E-state index is 13.4. The van der Waals surface area contributed by atoms with E-state index in [1.165, 1.54) is 0 Å². The molecule has 0 saturated heterocycles. The van der Waals surface area contributed by atoms with Crippen molar-refractivity contribution in [2.24, 2.45) is 5.41 Å². The van der Waals surface area contributed by atoms with Gasteiger partial charge < -0.3 is 4.74 Å². The van der Waals surface area contributed by atoms with E-state index in [4.69, 9.17) is 10.00 Å². The van der Waals surface area contributed by atoms with E-state index in [0.717, 1.165) is 0 Å². The molecule has 5 nitrogen and oxygen atoms in total. The summed E-state index contributed by atoms with van der Waals surface area (Å²) in [4.78, 5) is 9.38. The van der Waals surface area contributed by atoms with Crippen LogP contribution in [0.2, 0.25) is 0 Å². The summed E-state index contributed by atoms with van der Waals surface area (Å²) in [7, 11) is 0. The Bertz CT molecular complexity index is 539. The van der Waals surface area contributed by atoms with Gasteiger partial charge in [-0.25, -0.2) is 4.39 Å². The summed E-state index contributed by atoms with van der Waals surface area (Å²) in [5, 5.41) is 19.2. The first-order chi connectivity index (χ1) is 8.76. The number of halogens is 2. The highest BCUT2D eigenvalue weighted by Gasteiger charge is 2.21. The minimum absolute atomic E-state index is 0.00866. The van der Waals surface area contributed by atoms with Gasteiger partial charge in [-0.05, 0) is 20.3 Å². The van der Waals surface area contributed by atoms with Crippen LogP contribution in [0, 0.1) is 38.5 Å². The van der Waals surface area contributed by atoms with Gasteiger partial charge in [-0.1, -0.05) is 0 Å². The maximum Gasteiger partial charge on any atom is 0.307 e. The largest absolute Gasteiger partial charge is 0.490 e. The van der Waals surface area contributed by atoms with Gasteiger partial charge in [0.1, 0.15) is 0 Å². The summed E-state index contributed by atoms with van der Waals surface area (Å²) >= 11 is 0. The van der Waals surface area contributed by atoms with Gasteiger partial charge in [0.05, 0.1) is 29.1 Å². The Kier molecular flexibility index (Phi) is 4.38. The molecule has 0 saturated carbocycles. The summed E-state index contributed by atoms with van der Waals surface area (Å²) in [5.74, 6) is -2.58. The number of nitro benzene ring substituents is 1. The van der Waals surface area contributed by atoms with Crippen LogP contribution in [-0.2, 0) is 0 Å². The monoisotopic (exact) mass is 270 g/mol. The zero-order valence-electron chi connectivity index (χ0n) is 10.4. The molecule has 0 heterocycles. The molecule has 0 aliphatic heterocycles. The summed E-state index contributed by atoms with van der Waals surface area (Å²) < 4.78 is 31.7. The number of hydrogen-bond acceptors (Lipinski definition) is 4. The fourth-order valence-corrected chi connectivity index (χ4v) is 1.24. The zero-order chi connectivity index (χ0) is 14.6. The van der Waals surface area contributed by atoms with Crippen molar-refractivity contribution in [1.82, 2.24) is 0 Å². The molecule has 0 radical (unpaired) electrons. The van der Waals surface area contributed by atoms with Gasteiger partial charge in [0.2, 0.25) is 5.82 Å². The summed E-state index contributed by atoms with van der Waals surface area (Å²) in [6.45, 7) is 3.38. The lowest BCUT2D eigenvalue weighted by Crippen LogP contribution is -2.13. The number of benzene rings is 1. The predicted octanol–water partition coefficient (Wildman–Crippen LogP) is 3.19. The first-order valence-electron chi connectivity index (χ1n) is 5.44. The summed E-state index contributed by atoms with van der Waals surface area (Å²) in [6, 6.07) is 3.14. The van der Waals surface area contributed by atoms with E-state index in [0.29, 0.717) is 18.6 Å². The second-order valence-electron chi connectivity index (χ2n) is 4.59. The molecule has 0 aliphatic carbocycles. The highest BCUT2D eigenvalue weighted by Crippen LogP contribution is 2.27. The number of ether oxygens (including phenoxy) is 1. The standard InChI is InChI=1S/C12H12F2N2O3/c1-12(2,7-15)3-4-19-11-6-8(13)10(16(17)18)5-9(11)14/h5-6H,3-4H2,1-2H3. The average Bonchev–Trinajstić information content (AvgIpc) is 2.32. The van der Waals surface area contributed by atoms with Gasteiger partial charge in [-0.2, -0.15) is 9.65 Å². The van der Waals surface area contributed by atoms with Gasteiger partial charge in [-0.15, -0.1) is 0 Å². The van der Waals surface area contributed by atoms with Gasteiger partial charge in [0.25, 0.3) is 0 Å². The molecule has 0 atom stereocenters. The SMILES string of the molecule is CC(C)(C#N)CCOc1cc(F)c([N+](=O)[O-])cc1F. The number of nitro groups is 1. The highest BCUT2D eigenvalue weighted by molar-refractivity contribution is 5.39. The topological polar surface area (TPSA) is 76.2 Å². The van der Waals surface area contributed by atoms with Crippen LogP contribution in [0.4, 0.5) is 14.5 Å². The Hall–Kier alpha value is -2.23. The Morgan fingerprint density at radius 3 is 2.58 bits per heavy atom. The fraction of sp³-hybridized carbons (Fsp3) is 0.417. The highest BCUT2D eigenvalue weighted by atomic mass is 19.1. The van der Waals surface area contributed by atoms with Crippen LogP contribution in [0.15, 0.2) is 12.1 Å². The molecule has 0 amide bonds. The smallest absolute Gasteiger partial charge is 0.307 e. The summed E-state index contributed by atoms with van der Waals surface area (Å²) in [6.07, 6.45) is 0.321. The van der Waals surface area contributed by atoms with Crippen molar-refractivity contribution in [3.05, 3.63) is 33.9 Å². The van der Waals surface area contributed by atoms with Crippen molar-refractivity contribution in [2.75, 3.05) is 6.61 Å². The van der Waals surface area contributed by atoms with Crippen molar-refractivity contribution in [3.8, 4) is 11.8 Å². The van der Waals surface area contributed by atoms with E-state index in [9.17, 15) is 18.9 Å². The third kappa shape index (κ3) is 3.88. The lowest BCUT2D eigenvalue weighted by molar-refractivity contribution is -0.387. The third-order valence-electron chi connectivity index (χ3n) is 2.49. The summed E-state index contributed by atoms with van der Waals surface area (Å²) in [5.41, 5.74) is -1.59. The van der Waals surface area contributed by atoms with Crippen LogP contribution in [0.25, 0.3) is 0 Å². The number of rotatable bonds is 5. The van der Waals surface area contributed by atoms with E-state index < -0.39 is 33.4 Å². The molecule has 0 unspecified atom stereocenters. The first-order valence-corrected chi connectivity index (χ1v) is 5.44. The van der Waals surface area contributed by atoms with E-state index in [1.807, 2.05) is 6.07 Å². The number of nitriles is 1. The normalized spacial score (nSPS) is 10.9. The Balaban J connectivity index is 2.79. The van der Waals surface area contributed by atoms with E-state index in [-0.39, 0.29) is 6.61 Å². The van der Waals surface area contributed by atoms with Crippen LogP contribution in [-0.4, -0.2) is 11.5 Å². The van der Waals surface area contributed by atoms with Crippen LogP contribution in [0.5, 0.6) is 5.75 Å². The van der Waals surface area contributed by atoms with E-state index in [1.54, 1.807) is 13.8 Å². The molecule has 0 spiro atoms. The van der Waals surface area contributed by atoms with Crippen LogP contribution in [0.3, 0.4) is 0 Å². The molecule has 0 bridgehead atoms. The second kappa shape index (κ2) is 5.61. The molecular weight excluding hydrogens is 258 g/mol. The third-order valence-corrected chi connectivity index (χ3v) is 2.49. The first kappa shape index (κ1) is 14.8. The van der Waals surface area contributed by atoms with Crippen LogP contribution in [0.1, 0.15) is 20.3 Å². The molecular formula is C12H12F2N2O3.